The van der Waals surface area contributed by atoms with E-state index < -0.39 is 11.9 Å². The number of carbonyl (C=O) groups excluding carboxylic acids is 2. The van der Waals surface area contributed by atoms with Crippen LogP contribution in [0.3, 0.4) is 0 Å². The van der Waals surface area contributed by atoms with E-state index in [1.54, 1.807) is 17.0 Å². The average Bonchev–Trinajstić information content (AvgIpc) is 2.64. The number of hydrogen-bond acceptors (Lipinski definition) is 4. The Morgan fingerprint density at radius 3 is 2.65 bits per heavy atom. The molecule has 1 aromatic rings. The fourth-order valence-electron chi connectivity index (χ4n) is 3.10. The van der Waals surface area contributed by atoms with E-state index in [0.29, 0.717) is 13.1 Å². The Hall–Kier alpha value is -1.86. The predicted octanol–water partition coefficient (Wildman–Crippen LogP) is 2.65. The van der Waals surface area contributed by atoms with Gasteiger partial charge in [-0.3, -0.25) is 9.69 Å². The summed E-state index contributed by atoms with van der Waals surface area (Å²) in [6.07, 6.45) is 1.18. The van der Waals surface area contributed by atoms with Crippen molar-refractivity contribution in [1.29, 1.82) is 0 Å². The largest absolute Gasteiger partial charge is 0.439 e. The predicted molar refractivity (Wildman–Crippen MR) is 97.5 cm³/mol. The van der Waals surface area contributed by atoms with Crippen molar-refractivity contribution in [2.24, 2.45) is 0 Å². The zero-order valence-corrected chi connectivity index (χ0v) is 15.9. The first-order valence-electron chi connectivity index (χ1n) is 8.74. The van der Waals surface area contributed by atoms with Gasteiger partial charge in [-0.25, -0.2) is 9.18 Å². The van der Waals surface area contributed by atoms with Crippen LogP contribution in [0.25, 0.3) is 0 Å². The molecular formula is C18H25ClFN3O3. The van der Waals surface area contributed by atoms with Crippen LogP contribution in [0.2, 0.25) is 5.02 Å². The van der Waals surface area contributed by atoms with Gasteiger partial charge in [-0.1, -0.05) is 17.7 Å². The molecule has 0 aromatic heterocycles. The van der Waals surface area contributed by atoms with Gasteiger partial charge in [0.25, 0.3) is 5.91 Å². The molecule has 1 aromatic carbocycles. The molecule has 0 bridgehead atoms. The fraction of sp³-hybridized carbons (Fsp3) is 0.556. The number of benzene rings is 1. The first-order chi connectivity index (χ1) is 12.4. The number of hydrogen-bond donors (Lipinski definition) is 1. The third-order valence-corrected chi connectivity index (χ3v) is 4.86. The Morgan fingerprint density at radius 2 is 2.08 bits per heavy atom. The molecule has 0 unspecified atom stereocenters. The van der Waals surface area contributed by atoms with Gasteiger partial charge in [-0.2, -0.15) is 0 Å². The molecule has 0 spiro atoms. The van der Waals surface area contributed by atoms with Gasteiger partial charge in [0.1, 0.15) is 5.82 Å². The Balaban J connectivity index is 1.84. The summed E-state index contributed by atoms with van der Waals surface area (Å²) in [5.74, 6) is -0.745. The normalized spacial score (nSPS) is 15.5. The fourth-order valence-corrected chi connectivity index (χ4v) is 3.31. The number of likely N-dealkylation sites (tertiary alicyclic amines) is 1. The maximum atomic E-state index is 13.2. The molecule has 0 saturated carbocycles. The molecule has 2 rings (SSSR count). The average molecular weight is 386 g/mol. The number of piperidine rings is 1. The monoisotopic (exact) mass is 385 g/mol. The molecule has 8 heteroatoms. The lowest BCUT2D eigenvalue weighted by Gasteiger charge is -2.37. The summed E-state index contributed by atoms with van der Waals surface area (Å²) in [5.41, 5.74) is 0.965. The number of amides is 2. The Bertz CT molecular complexity index is 636. The number of nitrogens with one attached hydrogen (secondary N) is 1. The summed E-state index contributed by atoms with van der Waals surface area (Å²) in [7, 11) is 1.50. The molecule has 0 radical (unpaired) electrons. The highest BCUT2D eigenvalue weighted by Gasteiger charge is 2.28. The Labute approximate surface area is 158 Å². The van der Waals surface area contributed by atoms with E-state index in [-0.39, 0.29) is 23.6 Å². The second kappa shape index (κ2) is 9.73. The highest BCUT2D eigenvalue weighted by molar-refractivity contribution is 6.30. The van der Waals surface area contributed by atoms with Crippen molar-refractivity contribution < 1.29 is 18.7 Å². The van der Waals surface area contributed by atoms with Crippen LogP contribution in [0.5, 0.6) is 0 Å². The molecule has 0 aliphatic carbocycles. The second-order valence-electron chi connectivity index (χ2n) is 6.27. The van der Waals surface area contributed by atoms with Gasteiger partial charge in [-0.05, 0) is 37.5 Å². The van der Waals surface area contributed by atoms with Crippen LogP contribution in [0.1, 0.15) is 25.3 Å². The molecule has 1 aliphatic heterocycles. The first kappa shape index (κ1) is 20.5. The molecule has 0 atom stereocenters. The minimum atomic E-state index is -0.458. The maximum absolute atomic E-state index is 13.2. The third kappa shape index (κ3) is 5.57. The molecule has 2 amide bonds. The lowest BCUT2D eigenvalue weighted by Crippen LogP contribution is -2.47. The molecule has 144 valence electrons. The van der Waals surface area contributed by atoms with Crippen molar-refractivity contribution in [3.8, 4) is 0 Å². The number of rotatable bonds is 6. The van der Waals surface area contributed by atoms with Crippen molar-refractivity contribution in [3.63, 3.8) is 0 Å². The number of carbonyl (C=O) groups is 2. The molecule has 1 saturated heterocycles. The molecular weight excluding hydrogens is 361 g/mol. The lowest BCUT2D eigenvalue weighted by atomic mass is 10.0. The van der Waals surface area contributed by atoms with Crippen LogP contribution >= 0.6 is 11.6 Å². The summed E-state index contributed by atoms with van der Waals surface area (Å²) in [5, 5.41) is 2.55. The zero-order chi connectivity index (χ0) is 19.1. The second-order valence-corrected chi connectivity index (χ2v) is 6.68. The summed E-state index contributed by atoms with van der Waals surface area (Å²) in [4.78, 5) is 27.3. The van der Waals surface area contributed by atoms with Gasteiger partial charge < -0.3 is 15.0 Å². The van der Waals surface area contributed by atoms with Crippen molar-refractivity contribution in [2.75, 3.05) is 33.3 Å². The van der Waals surface area contributed by atoms with Crippen molar-refractivity contribution >= 4 is 23.6 Å². The van der Waals surface area contributed by atoms with Gasteiger partial charge in [0.05, 0.1) is 5.02 Å². The van der Waals surface area contributed by atoms with Gasteiger partial charge in [0.15, 0.2) is 6.61 Å². The maximum Gasteiger partial charge on any atom is 0.410 e. The van der Waals surface area contributed by atoms with Gasteiger partial charge in [0, 0.05) is 39.3 Å². The summed E-state index contributed by atoms with van der Waals surface area (Å²) < 4.78 is 18.3. The van der Waals surface area contributed by atoms with Crippen LogP contribution in [0, 0.1) is 5.82 Å². The molecule has 1 N–H and O–H groups in total. The van der Waals surface area contributed by atoms with Crippen LogP contribution in [-0.4, -0.2) is 61.1 Å². The zero-order valence-electron chi connectivity index (χ0n) is 15.1. The molecule has 6 nitrogen and oxygen atoms in total. The van der Waals surface area contributed by atoms with Gasteiger partial charge >= 0.3 is 6.09 Å². The number of nitrogens with zero attached hydrogens (tertiary/aromatic N) is 2. The van der Waals surface area contributed by atoms with E-state index in [2.05, 4.69) is 10.2 Å². The molecule has 1 fully saturated rings. The quantitative estimate of drug-likeness (QED) is 0.817. The van der Waals surface area contributed by atoms with E-state index in [4.69, 9.17) is 16.3 Å². The van der Waals surface area contributed by atoms with Gasteiger partial charge in [0.2, 0.25) is 0 Å². The van der Waals surface area contributed by atoms with Crippen molar-refractivity contribution in [3.05, 3.63) is 34.6 Å². The highest BCUT2D eigenvalue weighted by Crippen LogP contribution is 2.21. The summed E-state index contributed by atoms with van der Waals surface area (Å²) >= 11 is 5.83. The molecule has 1 aliphatic rings. The topological polar surface area (TPSA) is 61.9 Å². The molecule has 1 heterocycles. The van der Waals surface area contributed by atoms with Crippen LogP contribution in [0.15, 0.2) is 18.2 Å². The van der Waals surface area contributed by atoms with Gasteiger partial charge in [-0.15, -0.1) is 0 Å². The van der Waals surface area contributed by atoms with E-state index in [0.717, 1.165) is 31.5 Å². The van der Waals surface area contributed by atoms with Crippen LogP contribution in [-0.2, 0) is 16.1 Å². The minimum absolute atomic E-state index is 0.0882. The smallest absolute Gasteiger partial charge is 0.410 e. The lowest BCUT2D eigenvalue weighted by molar-refractivity contribution is -0.123. The number of halogens is 2. The SMILES string of the molecule is CCN(C(=O)OCC(=O)NC)C1CCN(Cc2ccc(F)c(Cl)c2)CC1. The third-order valence-electron chi connectivity index (χ3n) is 4.57. The van der Waals surface area contributed by atoms with Crippen molar-refractivity contribution in [2.45, 2.75) is 32.4 Å². The summed E-state index contributed by atoms with van der Waals surface area (Å²) in [6, 6.07) is 4.86. The number of ether oxygens (including phenoxy) is 1. The van der Waals surface area contributed by atoms with E-state index in [1.807, 2.05) is 6.92 Å². The molecule has 26 heavy (non-hydrogen) atoms. The first-order valence-corrected chi connectivity index (χ1v) is 9.12. The number of likely N-dealkylation sites (N-methyl/N-ethyl adjacent to an activating group) is 1. The van der Waals surface area contributed by atoms with E-state index in [9.17, 15) is 14.0 Å². The highest BCUT2D eigenvalue weighted by atomic mass is 35.5. The van der Waals surface area contributed by atoms with E-state index >= 15 is 0 Å². The Morgan fingerprint density at radius 1 is 1.38 bits per heavy atom. The van der Waals surface area contributed by atoms with Crippen LogP contribution in [0.4, 0.5) is 9.18 Å². The Kier molecular flexibility index (Phi) is 7.66. The standard InChI is InChI=1S/C18H25ClFN3O3/c1-3-23(18(25)26-12-17(24)21-2)14-6-8-22(9-7-14)11-13-4-5-16(20)15(19)10-13/h4-5,10,14H,3,6-9,11-12H2,1-2H3,(H,21,24). The van der Waals surface area contributed by atoms with Crippen molar-refractivity contribution in [1.82, 2.24) is 15.1 Å². The van der Waals surface area contributed by atoms with E-state index in [1.165, 1.54) is 13.1 Å². The van der Waals surface area contributed by atoms with Crippen LogP contribution < -0.4 is 5.32 Å². The summed E-state index contributed by atoms with van der Waals surface area (Å²) in [6.45, 7) is 4.49. The minimum Gasteiger partial charge on any atom is -0.439 e.